The maximum absolute atomic E-state index is 5.75. The molecule has 0 fully saturated rings. The molecule has 0 bridgehead atoms. The summed E-state index contributed by atoms with van der Waals surface area (Å²) in [6, 6.07) is 6.24. The van der Waals surface area contributed by atoms with Crippen molar-refractivity contribution in [3.63, 3.8) is 0 Å². The molecule has 0 amide bonds. The molecule has 0 unspecified atom stereocenters. The Kier molecular flexibility index (Phi) is 8.21. The smallest absolute Gasteiger partial charge is 0.123 e. The van der Waals surface area contributed by atoms with Gasteiger partial charge in [-0.1, -0.05) is 17.7 Å². The fraction of sp³-hybridized carbons (Fsp3) is 0.600. The number of hydrogen-bond donors (Lipinski definition) is 1. The van der Waals surface area contributed by atoms with E-state index >= 15 is 0 Å². The number of methoxy groups -OCH3 is 1. The molecule has 108 valence electrons. The van der Waals surface area contributed by atoms with E-state index in [0.717, 1.165) is 25.4 Å². The molecule has 1 rings (SSSR count). The highest BCUT2D eigenvalue weighted by Gasteiger charge is 2.04. The minimum absolute atomic E-state index is 0.585. The van der Waals surface area contributed by atoms with Gasteiger partial charge in [0.05, 0.1) is 13.2 Å². The molecule has 0 saturated heterocycles. The number of benzene rings is 1. The van der Waals surface area contributed by atoms with Crippen LogP contribution in [0.1, 0.15) is 18.1 Å². The van der Waals surface area contributed by atoms with Gasteiger partial charge in [0.15, 0.2) is 0 Å². The van der Waals surface area contributed by atoms with E-state index in [1.807, 2.05) is 13.0 Å². The Morgan fingerprint density at radius 1 is 1.16 bits per heavy atom. The molecule has 0 aliphatic carbocycles. The predicted molar refractivity (Wildman–Crippen MR) is 76.7 cm³/mol. The highest BCUT2D eigenvalue weighted by molar-refractivity contribution is 5.36. The van der Waals surface area contributed by atoms with Gasteiger partial charge in [0, 0.05) is 32.4 Å². The van der Waals surface area contributed by atoms with Crippen molar-refractivity contribution in [3.05, 3.63) is 29.3 Å². The number of hydrogen-bond acceptors (Lipinski definition) is 4. The first-order chi connectivity index (χ1) is 9.27. The second kappa shape index (κ2) is 9.78. The summed E-state index contributed by atoms with van der Waals surface area (Å²) in [7, 11) is 1.70. The Morgan fingerprint density at radius 2 is 2.00 bits per heavy atom. The maximum Gasteiger partial charge on any atom is 0.123 e. The lowest BCUT2D eigenvalue weighted by Crippen LogP contribution is -2.19. The summed E-state index contributed by atoms with van der Waals surface area (Å²) in [5.74, 6) is 0.926. The van der Waals surface area contributed by atoms with Crippen LogP contribution in [0.15, 0.2) is 18.2 Å². The number of nitrogens with one attached hydrogen (secondary N) is 1. The van der Waals surface area contributed by atoms with Crippen LogP contribution < -0.4 is 10.1 Å². The average molecular weight is 267 g/mol. The van der Waals surface area contributed by atoms with E-state index in [-0.39, 0.29) is 0 Å². The minimum atomic E-state index is 0.585. The molecule has 0 aliphatic heterocycles. The van der Waals surface area contributed by atoms with Gasteiger partial charge in [-0.25, -0.2) is 0 Å². The SMILES string of the molecule is CCOCCOc1ccc(C)cc1CNCCOC. The van der Waals surface area contributed by atoms with E-state index < -0.39 is 0 Å². The fourth-order valence-electron chi connectivity index (χ4n) is 1.74. The summed E-state index contributed by atoms with van der Waals surface area (Å²) in [5, 5.41) is 3.34. The van der Waals surface area contributed by atoms with Crippen LogP contribution in [0, 0.1) is 6.92 Å². The lowest BCUT2D eigenvalue weighted by molar-refractivity contribution is 0.110. The van der Waals surface area contributed by atoms with Crippen LogP contribution in [0.3, 0.4) is 0 Å². The van der Waals surface area contributed by atoms with Gasteiger partial charge in [-0.2, -0.15) is 0 Å². The second-order valence-corrected chi connectivity index (χ2v) is 4.33. The van der Waals surface area contributed by atoms with Crippen LogP contribution in [-0.2, 0) is 16.0 Å². The van der Waals surface area contributed by atoms with Crippen molar-refractivity contribution in [2.75, 3.05) is 40.1 Å². The molecule has 0 radical (unpaired) electrons. The number of aryl methyl sites for hydroxylation is 1. The highest BCUT2D eigenvalue weighted by Crippen LogP contribution is 2.19. The van der Waals surface area contributed by atoms with E-state index in [9.17, 15) is 0 Å². The topological polar surface area (TPSA) is 39.7 Å². The van der Waals surface area contributed by atoms with Crippen molar-refractivity contribution in [1.82, 2.24) is 5.32 Å². The van der Waals surface area contributed by atoms with E-state index in [0.29, 0.717) is 19.8 Å². The summed E-state index contributed by atoms with van der Waals surface area (Å²) in [6.45, 7) is 8.34. The molecule has 0 aliphatic rings. The molecule has 0 aromatic heterocycles. The fourth-order valence-corrected chi connectivity index (χ4v) is 1.74. The second-order valence-electron chi connectivity index (χ2n) is 4.33. The van der Waals surface area contributed by atoms with Gasteiger partial charge in [0.1, 0.15) is 12.4 Å². The molecular weight excluding hydrogens is 242 g/mol. The summed E-state index contributed by atoms with van der Waals surface area (Å²) < 4.78 is 16.0. The molecule has 1 aromatic rings. The summed E-state index contributed by atoms with van der Waals surface area (Å²) in [6.07, 6.45) is 0. The van der Waals surface area contributed by atoms with Gasteiger partial charge in [-0.15, -0.1) is 0 Å². The van der Waals surface area contributed by atoms with Crippen LogP contribution in [0.4, 0.5) is 0 Å². The van der Waals surface area contributed by atoms with Gasteiger partial charge >= 0.3 is 0 Å². The Morgan fingerprint density at radius 3 is 2.74 bits per heavy atom. The Balaban J connectivity index is 2.48. The van der Waals surface area contributed by atoms with E-state index in [1.165, 1.54) is 11.1 Å². The van der Waals surface area contributed by atoms with Crippen molar-refractivity contribution in [1.29, 1.82) is 0 Å². The van der Waals surface area contributed by atoms with Gasteiger partial charge in [0.2, 0.25) is 0 Å². The molecule has 0 saturated carbocycles. The lowest BCUT2D eigenvalue weighted by Gasteiger charge is -2.13. The van der Waals surface area contributed by atoms with E-state index in [4.69, 9.17) is 14.2 Å². The monoisotopic (exact) mass is 267 g/mol. The third-order valence-electron chi connectivity index (χ3n) is 2.70. The molecule has 0 heterocycles. The Labute approximate surface area is 116 Å². The molecule has 1 aromatic carbocycles. The van der Waals surface area contributed by atoms with Crippen molar-refractivity contribution >= 4 is 0 Å². The first-order valence-electron chi connectivity index (χ1n) is 6.77. The van der Waals surface area contributed by atoms with Crippen molar-refractivity contribution in [2.24, 2.45) is 0 Å². The highest BCUT2D eigenvalue weighted by atomic mass is 16.5. The molecule has 0 spiro atoms. The minimum Gasteiger partial charge on any atom is -0.491 e. The molecule has 0 atom stereocenters. The molecule has 4 heteroatoms. The van der Waals surface area contributed by atoms with Crippen molar-refractivity contribution in [2.45, 2.75) is 20.4 Å². The number of ether oxygens (including phenoxy) is 3. The third kappa shape index (κ3) is 6.57. The molecule has 4 nitrogen and oxygen atoms in total. The standard InChI is InChI=1S/C15H25NO3/c1-4-18-9-10-19-15-6-5-13(2)11-14(15)12-16-7-8-17-3/h5-6,11,16H,4,7-10,12H2,1-3H3. The van der Waals surface area contributed by atoms with Crippen LogP contribution in [0.2, 0.25) is 0 Å². The zero-order chi connectivity index (χ0) is 13.9. The molecule has 19 heavy (non-hydrogen) atoms. The van der Waals surface area contributed by atoms with Crippen LogP contribution in [-0.4, -0.2) is 40.1 Å². The first-order valence-corrected chi connectivity index (χ1v) is 6.77. The average Bonchev–Trinajstić information content (AvgIpc) is 2.41. The largest absolute Gasteiger partial charge is 0.491 e. The van der Waals surface area contributed by atoms with Gasteiger partial charge < -0.3 is 19.5 Å². The quantitative estimate of drug-likeness (QED) is 0.659. The van der Waals surface area contributed by atoms with Crippen LogP contribution >= 0.6 is 0 Å². The number of rotatable bonds is 10. The van der Waals surface area contributed by atoms with Gasteiger partial charge in [-0.3, -0.25) is 0 Å². The van der Waals surface area contributed by atoms with Crippen LogP contribution in [0.5, 0.6) is 5.75 Å². The van der Waals surface area contributed by atoms with Gasteiger partial charge in [-0.05, 0) is 19.9 Å². The van der Waals surface area contributed by atoms with E-state index in [1.54, 1.807) is 7.11 Å². The van der Waals surface area contributed by atoms with Gasteiger partial charge in [0.25, 0.3) is 0 Å². The maximum atomic E-state index is 5.75. The molecular formula is C15H25NO3. The Hall–Kier alpha value is -1.10. The van der Waals surface area contributed by atoms with Crippen molar-refractivity contribution < 1.29 is 14.2 Å². The lowest BCUT2D eigenvalue weighted by atomic mass is 10.1. The molecule has 1 N–H and O–H groups in total. The predicted octanol–water partition coefficient (Wildman–Crippen LogP) is 2.15. The summed E-state index contributed by atoms with van der Waals surface area (Å²) in [5.41, 5.74) is 2.41. The third-order valence-corrected chi connectivity index (χ3v) is 2.70. The summed E-state index contributed by atoms with van der Waals surface area (Å²) >= 11 is 0. The normalized spacial score (nSPS) is 10.7. The first kappa shape index (κ1) is 16.0. The Bertz CT molecular complexity index is 355. The van der Waals surface area contributed by atoms with Crippen LogP contribution in [0.25, 0.3) is 0 Å². The van der Waals surface area contributed by atoms with Crippen molar-refractivity contribution in [3.8, 4) is 5.75 Å². The summed E-state index contributed by atoms with van der Waals surface area (Å²) in [4.78, 5) is 0. The zero-order valence-corrected chi connectivity index (χ0v) is 12.2. The zero-order valence-electron chi connectivity index (χ0n) is 12.2. The van der Waals surface area contributed by atoms with E-state index in [2.05, 4.69) is 24.4 Å².